The molecule has 0 bridgehead atoms. The van der Waals surface area contributed by atoms with Gasteiger partial charge >= 0.3 is 0 Å². The lowest BCUT2D eigenvalue weighted by Gasteiger charge is -2.35. The van der Waals surface area contributed by atoms with Crippen LogP contribution in [0.15, 0.2) is 0 Å². The molecule has 19 heavy (non-hydrogen) atoms. The molecule has 0 spiro atoms. The maximum absolute atomic E-state index is 12.4. The van der Waals surface area contributed by atoms with Crippen LogP contribution in [-0.2, 0) is 10.2 Å². The van der Waals surface area contributed by atoms with Crippen molar-refractivity contribution in [1.29, 1.82) is 0 Å². The first-order valence-electron chi connectivity index (χ1n) is 7.51. The van der Waals surface area contributed by atoms with Crippen molar-refractivity contribution in [1.82, 2.24) is 14.3 Å². The molecule has 0 aromatic heterocycles. The average molecular weight is 291 g/mol. The Kier molecular flexibility index (Phi) is 7.28. The van der Waals surface area contributed by atoms with Crippen molar-refractivity contribution < 1.29 is 8.42 Å². The molecular weight excluding hydrogens is 262 g/mol. The Morgan fingerprint density at radius 3 is 2.68 bits per heavy atom. The molecule has 0 radical (unpaired) electrons. The highest BCUT2D eigenvalue weighted by atomic mass is 32.2. The Morgan fingerprint density at radius 1 is 1.32 bits per heavy atom. The van der Waals surface area contributed by atoms with Crippen molar-refractivity contribution in [3.63, 3.8) is 0 Å². The van der Waals surface area contributed by atoms with Crippen LogP contribution in [0.25, 0.3) is 0 Å². The van der Waals surface area contributed by atoms with Crippen molar-refractivity contribution in [2.75, 3.05) is 19.6 Å². The summed E-state index contributed by atoms with van der Waals surface area (Å²) in [5.41, 5.74) is 0. The Morgan fingerprint density at radius 2 is 2.05 bits per heavy atom. The average Bonchev–Trinajstić information content (AvgIpc) is 2.39. The van der Waals surface area contributed by atoms with E-state index in [0.717, 1.165) is 45.2 Å². The monoisotopic (exact) mass is 291 g/mol. The number of hydrogen-bond donors (Lipinski definition) is 2. The van der Waals surface area contributed by atoms with Gasteiger partial charge in [0.1, 0.15) is 0 Å². The van der Waals surface area contributed by atoms with Gasteiger partial charge in [-0.05, 0) is 39.2 Å². The normalized spacial score (nSPS) is 23.4. The van der Waals surface area contributed by atoms with Gasteiger partial charge in [0.25, 0.3) is 10.2 Å². The third kappa shape index (κ3) is 5.38. The van der Waals surface area contributed by atoms with E-state index in [-0.39, 0.29) is 12.1 Å². The van der Waals surface area contributed by atoms with E-state index in [1.54, 1.807) is 4.31 Å². The zero-order chi connectivity index (χ0) is 14.3. The SMILES string of the molecule is CCCNCC1CCCCN1S(=O)(=O)NC(C)CC. The molecule has 5 nitrogen and oxygen atoms in total. The third-order valence-electron chi connectivity index (χ3n) is 3.65. The van der Waals surface area contributed by atoms with E-state index < -0.39 is 10.2 Å². The fourth-order valence-electron chi connectivity index (χ4n) is 2.35. The Labute approximate surface area is 118 Å². The van der Waals surface area contributed by atoms with Gasteiger partial charge in [-0.15, -0.1) is 0 Å². The predicted molar refractivity (Wildman–Crippen MR) is 79.3 cm³/mol. The number of nitrogens with one attached hydrogen (secondary N) is 2. The number of hydrogen-bond acceptors (Lipinski definition) is 3. The molecule has 1 rings (SSSR count). The van der Waals surface area contributed by atoms with Crippen molar-refractivity contribution in [2.24, 2.45) is 0 Å². The van der Waals surface area contributed by atoms with Crippen LogP contribution in [0.3, 0.4) is 0 Å². The minimum Gasteiger partial charge on any atom is -0.315 e. The number of rotatable bonds is 8. The van der Waals surface area contributed by atoms with Gasteiger partial charge < -0.3 is 5.32 Å². The largest absolute Gasteiger partial charge is 0.315 e. The summed E-state index contributed by atoms with van der Waals surface area (Å²) in [7, 11) is -3.34. The van der Waals surface area contributed by atoms with Crippen molar-refractivity contribution in [3.05, 3.63) is 0 Å². The van der Waals surface area contributed by atoms with E-state index in [2.05, 4.69) is 17.0 Å². The summed E-state index contributed by atoms with van der Waals surface area (Å²) < 4.78 is 29.2. The molecule has 114 valence electrons. The molecule has 2 atom stereocenters. The Hall–Kier alpha value is -0.170. The van der Waals surface area contributed by atoms with Crippen molar-refractivity contribution in [3.8, 4) is 0 Å². The first kappa shape index (κ1) is 16.9. The van der Waals surface area contributed by atoms with Crippen molar-refractivity contribution >= 4 is 10.2 Å². The lowest BCUT2D eigenvalue weighted by Crippen LogP contribution is -2.53. The van der Waals surface area contributed by atoms with E-state index in [4.69, 9.17) is 0 Å². The lowest BCUT2D eigenvalue weighted by atomic mass is 10.1. The number of nitrogens with zero attached hydrogens (tertiary/aromatic N) is 1. The molecule has 0 aromatic carbocycles. The fourth-order valence-corrected chi connectivity index (χ4v) is 4.10. The van der Waals surface area contributed by atoms with E-state index >= 15 is 0 Å². The first-order valence-corrected chi connectivity index (χ1v) is 8.95. The van der Waals surface area contributed by atoms with Gasteiger partial charge in [-0.25, -0.2) is 0 Å². The quantitative estimate of drug-likeness (QED) is 0.666. The number of piperidine rings is 1. The third-order valence-corrected chi connectivity index (χ3v) is 5.45. The van der Waals surface area contributed by atoms with E-state index in [1.807, 2.05) is 13.8 Å². The van der Waals surface area contributed by atoms with Gasteiger partial charge in [-0.3, -0.25) is 0 Å². The molecule has 0 amide bonds. The summed E-state index contributed by atoms with van der Waals surface area (Å²) in [6.45, 7) is 8.37. The molecule has 1 aliphatic rings. The summed E-state index contributed by atoms with van der Waals surface area (Å²) >= 11 is 0. The second-order valence-corrected chi connectivity index (χ2v) is 7.05. The summed E-state index contributed by atoms with van der Waals surface area (Å²) in [5, 5.41) is 3.34. The lowest BCUT2D eigenvalue weighted by molar-refractivity contribution is 0.242. The van der Waals surface area contributed by atoms with Gasteiger partial charge in [0.05, 0.1) is 0 Å². The highest BCUT2D eigenvalue weighted by Crippen LogP contribution is 2.19. The minimum atomic E-state index is -3.34. The Balaban J connectivity index is 2.64. The maximum Gasteiger partial charge on any atom is 0.279 e. The summed E-state index contributed by atoms with van der Waals surface area (Å²) in [6, 6.07) is 0.0954. The van der Waals surface area contributed by atoms with Crippen LogP contribution in [-0.4, -0.2) is 44.4 Å². The van der Waals surface area contributed by atoms with E-state index in [0.29, 0.717) is 6.54 Å². The van der Waals surface area contributed by atoms with Crippen LogP contribution in [0, 0.1) is 0 Å². The molecule has 1 saturated heterocycles. The van der Waals surface area contributed by atoms with Crippen LogP contribution in [0.1, 0.15) is 52.9 Å². The van der Waals surface area contributed by atoms with E-state index in [1.165, 1.54) is 0 Å². The molecule has 1 aliphatic heterocycles. The van der Waals surface area contributed by atoms with Crippen LogP contribution < -0.4 is 10.0 Å². The molecule has 1 fully saturated rings. The van der Waals surface area contributed by atoms with Crippen LogP contribution in [0.2, 0.25) is 0 Å². The predicted octanol–water partition coefficient (Wildman–Crippen LogP) is 1.47. The first-order chi connectivity index (χ1) is 9.01. The van der Waals surface area contributed by atoms with Gasteiger partial charge in [-0.1, -0.05) is 20.3 Å². The van der Waals surface area contributed by atoms with Crippen molar-refractivity contribution in [2.45, 2.75) is 65.0 Å². The van der Waals surface area contributed by atoms with Gasteiger partial charge in [0.2, 0.25) is 0 Å². The fraction of sp³-hybridized carbons (Fsp3) is 1.00. The zero-order valence-electron chi connectivity index (χ0n) is 12.5. The second-order valence-electron chi connectivity index (χ2n) is 5.40. The molecule has 2 N–H and O–H groups in total. The summed E-state index contributed by atoms with van der Waals surface area (Å²) in [5.74, 6) is 0. The minimum absolute atomic E-state index is 0.00354. The maximum atomic E-state index is 12.4. The molecule has 1 heterocycles. The van der Waals surface area contributed by atoms with Crippen LogP contribution in [0.4, 0.5) is 0 Å². The summed E-state index contributed by atoms with van der Waals surface area (Å²) in [6.07, 6.45) is 4.92. The molecule has 0 aliphatic carbocycles. The van der Waals surface area contributed by atoms with E-state index in [9.17, 15) is 8.42 Å². The topological polar surface area (TPSA) is 61.4 Å². The van der Waals surface area contributed by atoms with Crippen LogP contribution in [0.5, 0.6) is 0 Å². The van der Waals surface area contributed by atoms with Crippen LogP contribution >= 0.6 is 0 Å². The van der Waals surface area contributed by atoms with Gasteiger partial charge in [0, 0.05) is 25.2 Å². The second kappa shape index (κ2) is 8.19. The molecular formula is C13H29N3O2S. The molecule has 6 heteroatoms. The standard InChI is InChI=1S/C13H29N3O2S/c1-4-9-14-11-13-8-6-7-10-16(13)19(17,18)15-12(3)5-2/h12-15H,4-11H2,1-3H3. The Bertz CT molecular complexity index is 346. The zero-order valence-corrected chi connectivity index (χ0v) is 13.3. The molecule has 2 unspecified atom stereocenters. The highest BCUT2D eigenvalue weighted by Gasteiger charge is 2.32. The smallest absolute Gasteiger partial charge is 0.279 e. The highest BCUT2D eigenvalue weighted by molar-refractivity contribution is 7.87. The summed E-state index contributed by atoms with van der Waals surface area (Å²) in [4.78, 5) is 0. The van der Waals surface area contributed by atoms with Gasteiger partial charge in [-0.2, -0.15) is 17.4 Å². The molecule has 0 saturated carbocycles. The van der Waals surface area contributed by atoms with Gasteiger partial charge in [0.15, 0.2) is 0 Å². The molecule has 0 aromatic rings.